The van der Waals surface area contributed by atoms with Gasteiger partial charge in [0.15, 0.2) is 5.96 Å². The lowest BCUT2D eigenvalue weighted by molar-refractivity contribution is 0.0954. The molecule has 3 rings (SSSR count). The zero-order chi connectivity index (χ0) is 20.5. The van der Waals surface area contributed by atoms with E-state index >= 15 is 0 Å². The maximum absolute atomic E-state index is 12.1. The van der Waals surface area contributed by atoms with E-state index in [-0.39, 0.29) is 11.9 Å². The standard InChI is InChI=1S/C23H31N5O/c1-18(20-11-8-12-21(17-20)28-15-6-7-16-28)27-23(24-2)26-14-13-25-22(29)19-9-4-3-5-10-19/h3-5,8-12,17-18H,6-7,13-16H2,1-2H3,(H,25,29)(H2,24,26,27). The molecule has 1 unspecified atom stereocenters. The lowest BCUT2D eigenvalue weighted by Gasteiger charge is -2.22. The van der Waals surface area contributed by atoms with Gasteiger partial charge < -0.3 is 20.9 Å². The zero-order valence-electron chi connectivity index (χ0n) is 17.3. The van der Waals surface area contributed by atoms with Gasteiger partial charge in [0.2, 0.25) is 0 Å². The minimum absolute atomic E-state index is 0.0672. The van der Waals surface area contributed by atoms with Crippen molar-refractivity contribution in [3.05, 3.63) is 65.7 Å². The third-order valence-electron chi connectivity index (χ3n) is 5.16. The molecule has 0 aromatic heterocycles. The number of anilines is 1. The normalized spacial score (nSPS) is 15.1. The first-order valence-corrected chi connectivity index (χ1v) is 10.3. The molecular weight excluding hydrogens is 362 g/mol. The molecular formula is C23H31N5O. The Labute approximate surface area is 173 Å². The molecule has 154 valence electrons. The summed E-state index contributed by atoms with van der Waals surface area (Å²) in [6.07, 6.45) is 2.55. The SMILES string of the molecule is CN=C(NCCNC(=O)c1ccccc1)NC(C)c1cccc(N2CCCC2)c1. The van der Waals surface area contributed by atoms with E-state index in [1.165, 1.54) is 24.1 Å². The number of carbonyl (C=O) groups excluding carboxylic acids is 1. The van der Waals surface area contributed by atoms with Crippen molar-refractivity contribution in [2.45, 2.75) is 25.8 Å². The predicted octanol–water partition coefficient (Wildman–Crippen LogP) is 2.94. The Kier molecular flexibility index (Phi) is 7.50. The number of amides is 1. The molecule has 1 aliphatic rings. The second-order valence-electron chi connectivity index (χ2n) is 7.28. The van der Waals surface area contributed by atoms with Gasteiger partial charge in [-0.05, 0) is 49.6 Å². The summed E-state index contributed by atoms with van der Waals surface area (Å²) in [5, 5.41) is 9.60. The van der Waals surface area contributed by atoms with Crippen molar-refractivity contribution in [3.8, 4) is 0 Å². The van der Waals surface area contributed by atoms with E-state index in [2.05, 4.69) is 57.0 Å². The summed E-state index contributed by atoms with van der Waals surface area (Å²) in [6.45, 7) is 5.53. The lowest BCUT2D eigenvalue weighted by Crippen LogP contribution is -2.42. The van der Waals surface area contributed by atoms with Crippen LogP contribution in [0.2, 0.25) is 0 Å². The molecule has 6 heteroatoms. The number of nitrogens with zero attached hydrogens (tertiary/aromatic N) is 2. The highest BCUT2D eigenvalue weighted by Gasteiger charge is 2.14. The van der Waals surface area contributed by atoms with Gasteiger partial charge in [0, 0.05) is 44.5 Å². The first kappa shape index (κ1) is 20.7. The summed E-state index contributed by atoms with van der Waals surface area (Å²) >= 11 is 0. The second kappa shape index (κ2) is 10.5. The molecule has 0 saturated carbocycles. The summed E-state index contributed by atoms with van der Waals surface area (Å²) < 4.78 is 0. The molecule has 0 spiro atoms. The largest absolute Gasteiger partial charge is 0.372 e. The van der Waals surface area contributed by atoms with Crippen LogP contribution in [-0.4, -0.2) is 45.1 Å². The highest BCUT2D eigenvalue weighted by molar-refractivity contribution is 5.94. The molecule has 2 aromatic rings. The molecule has 1 heterocycles. The molecule has 1 fully saturated rings. The number of hydrogen-bond acceptors (Lipinski definition) is 3. The predicted molar refractivity (Wildman–Crippen MR) is 120 cm³/mol. The summed E-state index contributed by atoms with van der Waals surface area (Å²) in [5.41, 5.74) is 3.19. The van der Waals surface area contributed by atoms with Gasteiger partial charge in [-0.25, -0.2) is 0 Å². The van der Waals surface area contributed by atoms with E-state index in [9.17, 15) is 4.79 Å². The van der Waals surface area contributed by atoms with Gasteiger partial charge >= 0.3 is 0 Å². The number of rotatable bonds is 7. The van der Waals surface area contributed by atoms with E-state index in [1.54, 1.807) is 19.2 Å². The van der Waals surface area contributed by atoms with Crippen molar-refractivity contribution in [2.75, 3.05) is 38.1 Å². The van der Waals surface area contributed by atoms with Crippen LogP contribution in [0.3, 0.4) is 0 Å². The van der Waals surface area contributed by atoms with Crippen molar-refractivity contribution < 1.29 is 4.79 Å². The highest BCUT2D eigenvalue weighted by Crippen LogP contribution is 2.23. The van der Waals surface area contributed by atoms with Gasteiger partial charge in [0.25, 0.3) is 5.91 Å². The molecule has 1 atom stereocenters. The zero-order valence-corrected chi connectivity index (χ0v) is 17.3. The van der Waals surface area contributed by atoms with Gasteiger partial charge in [-0.1, -0.05) is 30.3 Å². The monoisotopic (exact) mass is 393 g/mol. The third kappa shape index (κ3) is 5.98. The fourth-order valence-corrected chi connectivity index (χ4v) is 3.50. The number of benzene rings is 2. The fourth-order valence-electron chi connectivity index (χ4n) is 3.50. The van der Waals surface area contributed by atoms with Gasteiger partial charge in [0.1, 0.15) is 0 Å². The Morgan fingerprint density at radius 2 is 1.76 bits per heavy atom. The van der Waals surface area contributed by atoms with E-state index in [1.807, 2.05) is 18.2 Å². The molecule has 0 aliphatic carbocycles. The Morgan fingerprint density at radius 1 is 1.03 bits per heavy atom. The van der Waals surface area contributed by atoms with Crippen LogP contribution in [0.1, 0.15) is 41.7 Å². The number of nitrogens with one attached hydrogen (secondary N) is 3. The van der Waals surface area contributed by atoms with Crippen LogP contribution >= 0.6 is 0 Å². The summed E-state index contributed by atoms with van der Waals surface area (Å²) in [6, 6.07) is 18.1. The molecule has 1 aliphatic heterocycles. The van der Waals surface area contributed by atoms with Crippen LogP contribution < -0.4 is 20.9 Å². The topological polar surface area (TPSA) is 68.8 Å². The van der Waals surface area contributed by atoms with Crippen LogP contribution in [0.5, 0.6) is 0 Å². The number of carbonyl (C=O) groups is 1. The van der Waals surface area contributed by atoms with Crippen molar-refractivity contribution in [2.24, 2.45) is 4.99 Å². The summed E-state index contributed by atoms with van der Waals surface area (Å²) in [7, 11) is 1.76. The Morgan fingerprint density at radius 3 is 2.48 bits per heavy atom. The van der Waals surface area contributed by atoms with Crippen LogP contribution in [-0.2, 0) is 0 Å². The quantitative estimate of drug-likeness (QED) is 0.384. The molecule has 1 saturated heterocycles. The van der Waals surface area contributed by atoms with Crippen molar-refractivity contribution in [3.63, 3.8) is 0 Å². The Hall–Kier alpha value is -3.02. The number of aliphatic imine (C=N–C) groups is 1. The molecule has 3 N–H and O–H groups in total. The van der Waals surface area contributed by atoms with Gasteiger partial charge in [-0.15, -0.1) is 0 Å². The maximum Gasteiger partial charge on any atom is 0.251 e. The minimum Gasteiger partial charge on any atom is -0.372 e. The maximum atomic E-state index is 12.1. The van der Waals surface area contributed by atoms with Gasteiger partial charge in [-0.3, -0.25) is 9.79 Å². The van der Waals surface area contributed by atoms with Crippen molar-refractivity contribution in [1.29, 1.82) is 0 Å². The Balaban J connectivity index is 1.46. The van der Waals surface area contributed by atoms with Crippen LogP contribution in [0.25, 0.3) is 0 Å². The first-order chi connectivity index (χ1) is 14.2. The van der Waals surface area contributed by atoms with Crippen molar-refractivity contribution >= 4 is 17.6 Å². The molecule has 29 heavy (non-hydrogen) atoms. The van der Waals surface area contributed by atoms with E-state index in [4.69, 9.17) is 0 Å². The summed E-state index contributed by atoms with van der Waals surface area (Å²) in [4.78, 5) is 18.8. The molecule has 6 nitrogen and oxygen atoms in total. The van der Waals surface area contributed by atoms with Crippen LogP contribution in [0.4, 0.5) is 5.69 Å². The first-order valence-electron chi connectivity index (χ1n) is 10.3. The van der Waals surface area contributed by atoms with Crippen LogP contribution in [0, 0.1) is 0 Å². The van der Waals surface area contributed by atoms with E-state index in [0.717, 1.165) is 19.0 Å². The van der Waals surface area contributed by atoms with Crippen LogP contribution in [0.15, 0.2) is 59.6 Å². The molecule has 0 radical (unpaired) electrons. The average Bonchev–Trinajstić information content (AvgIpc) is 3.31. The fraction of sp³-hybridized carbons (Fsp3) is 0.391. The smallest absolute Gasteiger partial charge is 0.251 e. The Bertz CT molecular complexity index is 815. The third-order valence-corrected chi connectivity index (χ3v) is 5.16. The summed E-state index contributed by atoms with van der Waals surface area (Å²) in [5.74, 6) is 0.653. The van der Waals surface area contributed by atoms with E-state index in [0.29, 0.717) is 18.7 Å². The lowest BCUT2D eigenvalue weighted by atomic mass is 10.1. The minimum atomic E-state index is -0.0672. The number of guanidine groups is 1. The molecule has 0 bridgehead atoms. The van der Waals surface area contributed by atoms with Gasteiger partial charge in [0.05, 0.1) is 6.04 Å². The molecule has 2 aromatic carbocycles. The number of hydrogen-bond donors (Lipinski definition) is 3. The molecule has 1 amide bonds. The highest BCUT2D eigenvalue weighted by atomic mass is 16.1. The second-order valence-corrected chi connectivity index (χ2v) is 7.28. The van der Waals surface area contributed by atoms with Gasteiger partial charge in [-0.2, -0.15) is 0 Å². The average molecular weight is 394 g/mol. The van der Waals surface area contributed by atoms with Crippen molar-refractivity contribution in [1.82, 2.24) is 16.0 Å². The van der Waals surface area contributed by atoms with E-state index < -0.39 is 0 Å².